The first kappa shape index (κ1) is 24.1. The molecule has 0 aliphatic carbocycles. The third-order valence-electron chi connectivity index (χ3n) is 6.39. The van der Waals surface area contributed by atoms with Crippen molar-refractivity contribution in [2.24, 2.45) is 0 Å². The number of likely N-dealkylation sites (tertiary alicyclic amines) is 1. The number of carbonyl (C=O) groups is 1. The minimum absolute atomic E-state index is 0.197. The van der Waals surface area contributed by atoms with Gasteiger partial charge in [0.05, 0.1) is 5.01 Å². The van der Waals surface area contributed by atoms with Crippen LogP contribution in [0.5, 0.6) is 0 Å². The van der Waals surface area contributed by atoms with Gasteiger partial charge in [-0.1, -0.05) is 42.3 Å². The minimum Gasteiger partial charge on any atom is -0.341 e. The third kappa shape index (κ3) is 5.14. The van der Waals surface area contributed by atoms with Crippen LogP contribution in [-0.2, 0) is 17.5 Å². The maximum absolute atomic E-state index is 12.9. The van der Waals surface area contributed by atoms with Crippen molar-refractivity contribution in [2.45, 2.75) is 38.4 Å². The Morgan fingerprint density at radius 2 is 1.86 bits per heavy atom. The standard InChI is InChI=1S/C27H23F3N4OS/c1-18-15-24(27(28,29)30)32-34(18)16-25(35)33-13-11-21(12-14-33)26-31-22(17-36-26)10-9-20-7-4-6-19-5-2-3-8-23(19)20/h2-8,15,17,21H,11-14,16H2,1H3. The molecule has 4 aromatic rings. The van der Waals surface area contributed by atoms with Gasteiger partial charge in [0.15, 0.2) is 5.69 Å². The second kappa shape index (κ2) is 9.78. The molecule has 0 radical (unpaired) electrons. The molecule has 5 rings (SSSR count). The Morgan fingerprint density at radius 1 is 1.11 bits per heavy atom. The molecular weight excluding hydrogens is 485 g/mol. The summed E-state index contributed by atoms with van der Waals surface area (Å²) in [6, 6.07) is 15.2. The summed E-state index contributed by atoms with van der Waals surface area (Å²) in [5.74, 6) is 6.43. The molecule has 184 valence electrons. The van der Waals surface area contributed by atoms with E-state index in [9.17, 15) is 18.0 Å². The van der Waals surface area contributed by atoms with Gasteiger partial charge in [0.2, 0.25) is 5.91 Å². The normalized spacial score (nSPS) is 14.6. The van der Waals surface area contributed by atoms with Gasteiger partial charge in [-0.25, -0.2) is 4.98 Å². The molecule has 1 saturated heterocycles. The van der Waals surface area contributed by atoms with Crippen molar-refractivity contribution in [3.63, 3.8) is 0 Å². The summed E-state index contributed by atoms with van der Waals surface area (Å²) in [4.78, 5) is 19.1. The summed E-state index contributed by atoms with van der Waals surface area (Å²) < 4.78 is 39.8. The van der Waals surface area contributed by atoms with Crippen LogP contribution < -0.4 is 0 Å². The summed E-state index contributed by atoms with van der Waals surface area (Å²) >= 11 is 1.58. The Kier molecular flexibility index (Phi) is 6.54. The van der Waals surface area contributed by atoms with Crippen molar-refractivity contribution < 1.29 is 18.0 Å². The Morgan fingerprint density at radius 3 is 2.61 bits per heavy atom. The molecule has 1 aliphatic heterocycles. The number of carbonyl (C=O) groups excluding carboxylic acids is 1. The van der Waals surface area contributed by atoms with Crippen molar-refractivity contribution in [1.82, 2.24) is 19.7 Å². The monoisotopic (exact) mass is 508 g/mol. The van der Waals surface area contributed by atoms with Crippen molar-refractivity contribution in [2.75, 3.05) is 13.1 Å². The van der Waals surface area contributed by atoms with E-state index in [2.05, 4.69) is 35.1 Å². The van der Waals surface area contributed by atoms with Crippen LogP contribution >= 0.6 is 11.3 Å². The Hall–Kier alpha value is -3.64. The highest BCUT2D eigenvalue weighted by Crippen LogP contribution is 2.31. The average molecular weight is 509 g/mol. The molecule has 1 aliphatic rings. The lowest BCUT2D eigenvalue weighted by atomic mass is 9.97. The average Bonchev–Trinajstić information content (AvgIpc) is 3.49. The Bertz CT molecular complexity index is 1460. The zero-order valence-electron chi connectivity index (χ0n) is 19.5. The fourth-order valence-electron chi connectivity index (χ4n) is 4.41. The molecule has 36 heavy (non-hydrogen) atoms. The molecular formula is C27H23F3N4OS. The van der Waals surface area contributed by atoms with Crippen LogP contribution in [0.25, 0.3) is 10.8 Å². The van der Waals surface area contributed by atoms with Crippen molar-refractivity contribution in [3.8, 4) is 11.8 Å². The molecule has 0 spiro atoms. The topological polar surface area (TPSA) is 51.0 Å². The minimum atomic E-state index is -4.52. The SMILES string of the molecule is Cc1cc(C(F)(F)F)nn1CC(=O)N1CCC(c2nc(C#Cc3cccc4ccccc34)cs2)CC1. The highest BCUT2D eigenvalue weighted by atomic mass is 32.1. The first-order valence-corrected chi connectivity index (χ1v) is 12.5. The lowest BCUT2D eigenvalue weighted by molar-refractivity contribution is -0.142. The molecule has 1 amide bonds. The summed E-state index contributed by atoms with van der Waals surface area (Å²) in [5.41, 5.74) is 1.03. The molecule has 9 heteroatoms. The fourth-order valence-corrected chi connectivity index (χ4v) is 5.33. The van der Waals surface area contributed by atoms with Gasteiger partial charge in [-0.3, -0.25) is 9.48 Å². The van der Waals surface area contributed by atoms with Crippen LogP contribution in [-0.4, -0.2) is 38.7 Å². The number of hydrogen-bond acceptors (Lipinski definition) is 4. The molecule has 2 aromatic heterocycles. The van der Waals surface area contributed by atoms with E-state index in [1.165, 1.54) is 6.92 Å². The lowest BCUT2D eigenvalue weighted by Gasteiger charge is -2.31. The van der Waals surface area contributed by atoms with Crippen LogP contribution in [0.1, 0.15) is 46.4 Å². The summed E-state index contributed by atoms with van der Waals surface area (Å²) in [5, 5.41) is 8.78. The van der Waals surface area contributed by atoms with Crippen LogP contribution in [0.2, 0.25) is 0 Å². The quantitative estimate of drug-likeness (QED) is 0.337. The fraction of sp³-hybridized carbons (Fsp3) is 0.296. The van der Waals surface area contributed by atoms with E-state index in [1.807, 2.05) is 29.6 Å². The summed E-state index contributed by atoms with van der Waals surface area (Å²) in [6.07, 6.45) is -3.02. The molecule has 0 atom stereocenters. The van der Waals surface area contributed by atoms with Gasteiger partial charge in [-0.15, -0.1) is 11.3 Å². The molecule has 3 heterocycles. The first-order chi connectivity index (χ1) is 17.3. The van der Waals surface area contributed by atoms with Gasteiger partial charge in [-0.2, -0.15) is 18.3 Å². The van der Waals surface area contributed by atoms with E-state index < -0.39 is 11.9 Å². The van der Waals surface area contributed by atoms with Crippen molar-refractivity contribution >= 4 is 28.0 Å². The smallest absolute Gasteiger partial charge is 0.341 e. The Balaban J connectivity index is 1.20. The van der Waals surface area contributed by atoms with Gasteiger partial charge in [0.1, 0.15) is 12.2 Å². The largest absolute Gasteiger partial charge is 0.435 e. The molecule has 2 aromatic carbocycles. The predicted octanol–water partition coefficient (Wildman–Crippen LogP) is 5.63. The van der Waals surface area contributed by atoms with E-state index >= 15 is 0 Å². The number of nitrogens with zero attached hydrogens (tertiary/aromatic N) is 4. The van der Waals surface area contributed by atoms with E-state index in [4.69, 9.17) is 4.98 Å². The number of halogens is 3. The number of piperidine rings is 1. The van der Waals surface area contributed by atoms with Crippen molar-refractivity contribution in [1.29, 1.82) is 0 Å². The highest BCUT2D eigenvalue weighted by molar-refractivity contribution is 7.09. The zero-order chi connectivity index (χ0) is 25.3. The van der Waals surface area contributed by atoms with Gasteiger partial charge in [0, 0.05) is 35.6 Å². The maximum atomic E-state index is 12.9. The van der Waals surface area contributed by atoms with Crippen molar-refractivity contribution in [3.05, 3.63) is 81.6 Å². The number of aromatic nitrogens is 3. The maximum Gasteiger partial charge on any atom is 0.435 e. The number of thiazole rings is 1. The number of hydrogen-bond donors (Lipinski definition) is 0. The number of benzene rings is 2. The van der Waals surface area contributed by atoms with Crippen LogP contribution in [0.3, 0.4) is 0 Å². The van der Waals surface area contributed by atoms with E-state index in [1.54, 1.807) is 16.2 Å². The second-order valence-corrected chi connectivity index (χ2v) is 9.72. The molecule has 0 N–H and O–H groups in total. The summed E-state index contributed by atoms with van der Waals surface area (Å²) in [6.45, 7) is 2.39. The number of rotatable bonds is 3. The van der Waals surface area contributed by atoms with Gasteiger partial charge in [-0.05, 0) is 48.6 Å². The van der Waals surface area contributed by atoms with E-state index in [0.29, 0.717) is 18.8 Å². The predicted molar refractivity (Wildman–Crippen MR) is 133 cm³/mol. The van der Waals surface area contributed by atoms with E-state index in [-0.39, 0.29) is 18.4 Å². The Labute approximate surface area is 210 Å². The van der Waals surface area contributed by atoms with Crippen LogP contribution in [0.4, 0.5) is 13.2 Å². The van der Waals surface area contributed by atoms with Gasteiger partial charge in [0.25, 0.3) is 0 Å². The molecule has 0 unspecified atom stereocenters. The number of amides is 1. The third-order valence-corrected chi connectivity index (χ3v) is 7.40. The van der Waals surface area contributed by atoms with Gasteiger partial charge < -0.3 is 4.90 Å². The highest BCUT2D eigenvalue weighted by Gasteiger charge is 2.35. The lowest BCUT2D eigenvalue weighted by Crippen LogP contribution is -2.40. The number of alkyl halides is 3. The molecule has 0 bridgehead atoms. The van der Waals surface area contributed by atoms with Crippen LogP contribution in [0.15, 0.2) is 53.9 Å². The summed E-state index contributed by atoms with van der Waals surface area (Å²) in [7, 11) is 0. The van der Waals surface area contributed by atoms with Gasteiger partial charge >= 0.3 is 6.18 Å². The molecule has 5 nitrogen and oxygen atoms in total. The number of aryl methyl sites for hydroxylation is 1. The molecule has 0 saturated carbocycles. The molecule has 1 fully saturated rings. The zero-order valence-corrected chi connectivity index (χ0v) is 20.4. The van der Waals surface area contributed by atoms with E-state index in [0.717, 1.165) is 50.6 Å². The van der Waals surface area contributed by atoms with Crippen LogP contribution in [0, 0.1) is 18.8 Å². The number of fused-ring (bicyclic) bond motifs is 1. The second-order valence-electron chi connectivity index (χ2n) is 8.83. The first-order valence-electron chi connectivity index (χ1n) is 11.6.